The molecule has 0 saturated carbocycles. The lowest BCUT2D eigenvalue weighted by Gasteiger charge is -2.11. The van der Waals surface area contributed by atoms with Crippen molar-refractivity contribution in [3.8, 4) is 0 Å². The zero-order chi connectivity index (χ0) is 15.0. The number of hydrogen-bond donors (Lipinski definition) is 2. The number of hydrogen-bond acceptors (Lipinski definition) is 4. The Bertz CT molecular complexity index is 660. The van der Waals surface area contributed by atoms with E-state index in [-0.39, 0.29) is 11.8 Å². The molecule has 106 valence electrons. The van der Waals surface area contributed by atoms with Gasteiger partial charge in [0.2, 0.25) is 11.8 Å². The van der Waals surface area contributed by atoms with Crippen molar-refractivity contribution in [1.82, 2.24) is 9.97 Å². The van der Waals surface area contributed by atoms with E-state index in [9.17, 15) is 22.0 Å². The van der Waals surface area contributed by atoms with Gasteiger partial charge < -0.3 is 11.1 Å². The van der Waals surface area contributed by atoms with E-state index in [0.717, 1.165) is 0 Å². The number of aromatic nitrogens is 2. The molecule has 0 saturated heterocycles. The number of halogens is 5. The molecular weight excluding hydrogens is 283 g/mol. The number of aryl methyl sites for hydroxylation is 1. The van der Waals surface area contributed by atoms with E-state index in [2.05, 4.69) is 9.97 Å². The van der Waals surface area contributed by atoms with Crippen LogP contribution in [0.4, 0.5) is 39.4 Å². The molecule has 20 heavy (non-hydrogen) atoms. The molecule has 0 amide bonds. The zero-order valence-corrected chi connectivity index (χ0v) is 9.94. The van der Waals surface area contributed by atoms with Crippen molar-refractivity contribution in [3.63, 3.8) is 0 Å². The van der Waals surface area contributed by atoms with Gasteiger partial charge in [-0.25, -0.2) is 26.9 Å². The second-order valence-corrected chi connectivity index (χ2v) is 3.83. The predicted octanol–water partition coefficient (Wildman–Crippen LogP) is 2.81. The second-order valence-electron chi connectivity index (χ2n) is 3.83. The molecule has 2 rings (SSSR count). The molecule has 0 bridgehead atoms. The number of nitrogens with one attached hydrogen (secondary N) is 1. The topological polar surface area (TPSA) is 63.8 Å². The van der Waals surface area contributed by atoms with Gasteiger partial charge in [-0.2, -0.15) is 4.98 Å². The van der Waals surface area contributed by atoms with E-state index < -0.39 is 34.8 Å². The minimum atomic E-state index is -2.23. The highest BCUT2D eigenvalue weighted by atomic mass is 19.2. The number of nitrogens with zero attached hydrogens (tertiary/aromatic N) is 2. The lowest BCUT2D eigenvalue weighted by Crippen LogP contribution is -2.09. The van der Waals surface area contributed by atoms with Gasteiger partial charge in [0.05, 0.1) is 0 Å². The van der Waals surface area contributed by atoms with Crippen molar-refractivity contribution in [2.45, 2.75) is 6.92 Å². The average molecular weight is 290 g/mol. The summed E-state index contributed by atoms with van der Waals surface area (Å²) in [4.78, 5) is 7.22. The van der Waals surface area contributed by atoms with E-state index in [0.29, 0.717) is 5.56 Å². The van der Waals surface area contributed by atoms with Crippen molar-refractivity contribution in [2.75, 3.05) is 11.1 Å². The van der Waals surface area contributed by atoms with E-state index in [4.69, 9.17) is 5.73 Å². The summed E-state index contributed by atoms with van der Waals surface area (Å²) in [5.41, 5.74) is 4.39. The van der Waals surface area contributed by atoms with Crippen LogP contribution < -0.4 is 11.1 Å². The van der Waals surface area contributed by atoms with Crippen LogP contribution in [-0.4, -0.2) is 9.97 Å². The largest absolute Gasteiger partial charge is 0.368 e. The lowest BCUT2D eigenvalue weighted by atomic mass is 10.2. The fourth-order valence-electron chi connectivity index (χ4n) is 1.42. The molecule has 4 nitrogen and oxygen atoms in total. The van der Waals surface area contributed by atoms with Crippen LogP contribution in [0.5, 0.6) is 0 Å². The van der Waals surface area contributed by atoms with Crippen LogP contribution in [0.3, 0.4) is 0 Å². The maximum Gasteiger partial charge on any atom is 0.221 e. The second kappa shape index (κ2) is 4.91. The Balaban J connectivity index is 2.57. The maximum absolute atomic E-state index is 13.5. The van der Waals surface area contributed by atoms with Gasteiger partial charge in [-0.15, -0.1) is 0 Å². The van der Waals surface area contributed by atoms with Crippen molar-refractivity contribution < 1.29 is 22.0 Å². The molecule has 1 aromatic heterocycles. The van der Waals surface area contributed by atoms with Crippen molar-refractivity contribution in [3.05, 3.63) is 40.8 Å². The molecule has 0 aliphatic heterocycles. The normalized spacial score (nSPS) is 10.7. The molecule has 3 N–H and O–H groups in total. The lowest BCUT2D eigenvalue weighted by molar-refractivity contribution is 0.382. The van der Waals surface area contributed by atoms with Crippen molar-refractivity contribution in [1.29, 1.82) is 0 Å². The van der Waals surface area contributed by atoms with Crippen molar-refractivity contribution in [2.24, 2.45) is 0 Å². The average Bonchev–Trinajstić information content (AvgIpc) is 2.43. The third kappa shape index (κ3) is 2.22. The summed E-state index contributed by atoms with van der Waals surface area (Å²) in [6, 6.07) is 0. The summed E-state index contributed by atoms with van der Waals surface area (Å²) in [6.45, 7) is 1.47. The van der Waals surface area contributed by atoms with Gasteiger partial charge in [0.25, 0.3) is 0 Å². The van der Waals surface area contributed by atoms with E-state index in [1.165, 1.54) is 13.1 Å². The Kier molecular flexibility index (Phi) is 3.43. The van der Waals surface area contributed by atoms with Crippen LogP contribution in [-0.2, 0) is 0 Å². The number of nitrogen functional groups attached to an aromatic ring is 1. The van der Waals surface area contributed by atoms with Gasteiger partial charge in [-0.3, -0.25) is 0 Å². The zero-order valence-electron chi connectivity index (χ0n) is 9.94. The summed E-state index contributed by atoms with van der Waals surface area (Å²) < 4.78 is 65.9. The first kappa shape index (κ1) is 14.0. The third-order valence-electron chi connectivity index (χ3n) is 2.44. The fourth-order valence-corrected chi connectivity index (χ4v) is 1.42. The third-order valence-corrected chi connectivity index (χ3v) is 2.44. The standard InChI is InChI=1S/C11H7F5N4/c1-3-2-18-11(17)20-10(3)19-9-7(15)5(13)4(12)6(14)8(9)16/h2H,1H3,(H3,17,18,19,20). The van der Waals surface area contributed by atoms with Crippen LogP contribution >= 0.6 is 0 Å². The first-order valence-electron chi connectivity index (χ1n) is 5.20. The van der Waals surface area contributed by atoms with Crippen LogP contribution in [0, 0.1) is 36.0 Å². The highest BCUT2D eigenvalue weighted by Gasteiger charge is 2.26. The summed E-state index contributed by atoms with van der Waals surface area (Å²) in [7, 11) is 0. The Morgan fingerprint density at radius 3 is 2.00 bits per heavy atom. The molecule has 1 aromatic carbocycles. The molecular formula is C11H7F5N4. The monoisotopic (exact) mass is 290 g/mol. The molecule has 1 heterocycles. The Morgan fingerprint density at radius 2 is 1.45 bits per heavy atom. The van der Waals surface area contributed by atoms with E-state index >= 15 is 0 Å². The highest BCUT2D eigenvalue weighted by molar-refractivity contribution is 5.61. The molecule has 0 fully saturated rings. The Labute approximate surface area is 109 Å². The van der Waals surface area contributed by atoms with Gasteiger partial charge in [0.15, 0.2) is 23.3 Å². The summed E-state index contributed by atoms with van der Waals surface area (Å²) >= 11 is 0. The van der Waals surface area contributed by atoms with Crippen LogP contribution in [0.1, 0.15) is 5.56 Å². The summed E-state index contributed by atoms with van der Waals surface area (Å²) in [5, 5.41) is 2.03. The highest BCUT2D eigenvalue weighted by Crippen LogP contribution is 2.29. The molecule has 0 aliphatic carbocycles. The molecule has 0 aliphatic rings. The SMILES string of the molecule is Cc1cnc(N)nc1Nc1c(F)c(F)c(F)c(F)c1F. The number of nitrogens with two attached hydrogens (primary N) is 1. The predicted molar refractivity (Wildman–Crippen MR) is 60.7 cm³/mol. The molecule has 0 unspecified atom stereocenters. The van der Waals surface area contributed by atoms with Crippen LogP contribution in [0.2, 0.25) is 0 Å². The van der Waals surface area contributed by atoms with Crippen LogP contribution in [0.25, 0.3) is 0 Å². The Morgan fingerprint density at radius 1 is 0.950 bits per heavy atom. The van der Waals surface area contributed by atoms with Gasteiger partial charge in [0.1, 0.15) is 11.5 Å². The summed E-state index contributed by atoms with van der Waals surface area (Å²) in [5.74, 6) is -10.7. The minimum Gasteiger partial charge on any atom is -0.368 e. The quantitative estimate of drug-likeness (QED) is 0.507. The maximum atomic E-state index is 13.5. The van der Waals surface area contributed by atoms with Gasteiger partial charge in [-0.05, 0) is 6.92 Å². The number of anilines is 3. The van der Waals surface area contributed by atoms with Crippen molar-refractivity contribution >= 4 is 17.5 Å². The van der Waals surface area contributed by atoms with Gasteiger partial charge in [0, 0.05) is 11.8 Å². The molecule has 9 heteroatoms. The first-order valence-corrected chi connectivity index (χ1v) is 5.20. The molecule has 0 atom stereocenters. The molecule has 0 radical (unpaired) electrons. The van der Waals surface area contributed by atoms with E-state index in [1.807, 2.05) is 5.32 Å². The Hall–Kier alpha value is -2.45. The van der Waals surface area contributed by atoms with E-state index in [1.54, 1.807) is 0 Å². The summed E-state index contributed by atoms with van der Waals surface area (Å²) in [6.07, 6.45) is 1.23. The molecule has 2 aromatic rings. The number of rotatable bonds is 2. The van der Waals surface area contributed by atoms with Gasteiger partial charge >= 0.3 is 0 Å². The van der Waals surface area contributed by atoms with Gasteiger partial charge in [-0.1, -0.05) is 0 Å². The first-order chi connectivity index (χ1) is 9.32. The molecule has 0 spiro atoms. The smallest absolute Gasteiger partial charge is 0.221 e. The number of benzene rings is 1. The fraction of sp³-hybridized carbons (Fsp3) is 0.0909. The van der Waals surface area contributed by atoms with Crippen LogP contribution in [0.15, 0.2) is 6.20 Å². The minimum absolute atomic E-state index is 0.166.